The van der Waals surface area contributed by atoms with Gasteiger partial charge in [0, 0.05) is 6.54 Å². The van der Waals surface area contributed by atoms with Crippen molar-refractivity contribution in [3.05, 3.63) is 59.4 Å². The quantitative estimate of drug-likeness (QED) is 0.741. The van der Waals surface area contributed by atoms with E-state index in [1.807, 2.05) is 30.3 Å². The van der Waals surface area contributed by atoms with Crippen LogP contribution in [0.1, 0.15) is 17.2 Å². The molecule has 0 saturated heterocycles. The molecule has 0 fully saturated rings. The number of aryl methyl sites for hydroxylation is 1. The Morgan fingerprint density at radius 2 is 1.95 bits per heavy atom. The SMILES string of the molecule is Cc1cc(NCC(O)c2ccccc2)c(N)cc1F. The number of anilines is 2. The lowest BCUT2D eigenvalue weighted by atomic mass is 10.1. The lowest BCUT2D eigenvalue weighted by Gasteiger charge is -2.15. The van der Waals surface area contributed by atoms with Crippen molar-refractivity contribution in [2.45, 2.75) is 13.0 Å². The number of aliphatic hydroxyl groups is 1. The topological polar surface area (TPSA) is 58.3 Å². The smallest absolute Gasteiger partial charge is 0.128 e. The molecule has 2 aromatic rings. The van der Waals surface area contributed by atoms with E-state index in [0.29, 0.717) is 23.5 Å². The molecule has 0 aliphatic rings. The van der Waals surface area contributed by atoms with Crippen molar-refractivity contribution in [1.82, 2.24) is 0 Å². The Morgan fingerprint density at radius 1 is 1.26 bits per heavy atom. The maximum Gasteiger partial charge on any atom is 0.128 e. The van der Waals surface area contributed by atoms with E-state index in [1.165, 1.54) is 6.07 Å². The number of nitrogens with two attached hydrogens (primary N) is 1. The van der Waals surface area contributed by atoms with Gasteiger partial charge < -0.3 is 16.2 Å². The second-order valence-electron chi connectivity index (χ2n) is 4.50. The molecule has 0 aliphatic carbocycles. The molecule has 19 heavy (non-hydrogen) atoms. The molecule has 4 heteroatoms. The van der Waals surface area contributed by atoms with Crippen molar-refractivity contribution < 1.29 is 9.50 Å². The van der Waals surface area contributed by atoms with Crippen LogP contribution in [0.4, 0.5) is 15.8 Å². The zero-order chi connectivity index (χ0) is 13.8. The van der Waals surface area contributed by atoms with E-state index < -0.39 is 6.10 Å². The Kier molecular flexibility index (Phi) is 4.02. The van der Waals surface area contributed by atoms with Gasteiger partial charge >= 0.3 is 0 Å². The summed E-state index contributed by atoms with van der Waals surface area (Å²) in [5.41, 5.74) is 8.05. The summed E-state index contributed by atoms with van der Waals surface area (Å²) in [4.78, 5) is 0. The first kappa shape index (κ1) is 13.4. The third-order valence-electron chi connectivity index (χ3n) is 3.00. The maximum absolute atomic E-state index is 13.3. The number of halogens is 1. The fourth-order valence-electron chi connectivity index (χ4n) is 1.85. The molecule has 4 N–H and O–H groups in total. The number of hydrogen-bond donors (Lipinski definition) is 3. The van der Waals surface area contributed by atoms with Gasteiger partial charge in [-0.2, -0.15) is 0 Å². The summed E-state index contributed by atoms with van der Waals surface area (Å²) in [6.07, 6.45) is -0.633. The first-order valence-corrected chi connectivity index (χ1v) is 6.10. The van der Waals surface area contributed by atoms with Crippen LogP contribution in [0.5, 0.6) is 0 Å². The summed E-state index contributed by atoms with van der Waals surface area (Å²) >= 11 is 0. The van der Waals surface area contributed by atoms with Crippen molar-refractivity contribution in [2.24, 2.45) is 0 Å². The van der Waals surface area contributed by atoms with E-state index >= 15 is 0 Å². The zero-order valence-electron chi connectivity index (χ0n) is 10.7. The Morgan fingerprint density at radius 3 is 2.63 bits per heavy atom. The molecule has 0 aliphatic heterocycles. The molecule has 0 bridgehead atoms. The first-order chi connectivity index (χ1) is 9.08. The molecule has 2 aromatic carbocycles. The maximum atomic E-state index is 13.3. The Balaban J connectivity index is 2.05. The Hall–Kier alpha value is -2.07. The van der Waals surface area contributed by atoms with Crippen LogP contribution in [0.3, 0.4) is 0 Å². The van der Waals surface area contributed by atoms with Gasteiger partial charge in [-0.15, -0.1) is 0 Å². The van der Waals surface area contributed by atoms with Gasteiger partial charge in [-0.1, -0.05) is 30.3 Å². The first-order valence-electron chi connectivity index (χ1n) is 6.10. The van der Waals surface area contributed by atoms with Gasteiger partial charge in [-0.25, -0.2) is 4.39 Å². The van der Waals surface area contributed by atoms with Crippen LogP contribution in [0.2, 0.25) is 0 Å². The van der Waals surface area contributed by atoms with E-state index in [2.05, 4.69) is 5.32 Å². The predicted octanol–water partition coefficient (Wildman–Crippen LogP) is 2.86. The van der Waals surface area contributed by atoms with E-state index in [4.69, 9.17) is 5.73 Å². The number of hydrogen-bond acceptors (Lipinski definition) is 3. The average Bonchev–Trinajstić information content (AvgIpc) is 2.42. The summed E-state index contributed by atoms with van der Waals surface area (Å²) in [5.74, 6) is -0.327. The predicted molar refractivity (Wildman–Crippen MR) is 75.4 cm³/mol. The Labute approximate surface area is 111 Å². The molecule has 0 saturated carbocycles. The summed E-state index contributed by atoms with van der Waals surface area (Å²) in [6.45, 7) is 1.99. The van der Waals surface area contributed by atoms with Gasteiger partial charge in [0.1, 0.15) is 5.82 Å². The molecule has 1 atom stereocenters. The molecular formula is C15H17FN2O. The lowest BCUT2D eigenvalue weighted by molar-refractivity contribution is 0.191. The van der Waals surface area contributed by atoms with Gasteiger partial charge in [0.25, 0.3) is 0 Å². The van der Waals surface area contributed by atoms with E-state index in [0.717, 1.165) is 5.56 Å². The molecule has 2 rings (SSSR count). The normalized spacial score (nSPS) is 12.2. The molecule has 0 radical (unpaired) electrons. The number of nitrogen functional groups attached to an aromatic ring is 1. The molecule has 0 aromatic heterocycles. The number of aliphatic hydroxyl groups excluding tert-OH is 1. The average molecular weight is 260 g/mol. The molecule has 0 heterocycles. The van der Waals surface area contributed by atoms with Gasteiger partial charge in [-0.05, 0) is 30.2 Å². The lowest BCUT2D eigenvalue weighted by Crippen LogP contribution is -2.13. The molecule has 3 nitrogen and oxygen atoms in total. The third-order valence-corrected chi connectivity index (χ3v) is 3.00. The van der Waals surface area contributed by atoms with Crippen LogP contribution in [0.15, 0.2) is 42.5 Å². The second-order valence-corrected chi connectivity index (χ2v) is 4.50. The summed E-state index contributed by atoms with van der Waals surface area (Å²) < 4.78 is 13.3. The zero-order valence-corrected chi connectivity index (χ0v) is 10.7. The highest BCUT2D eigenvalue weighted by Crippen LogP contribution is 2.23. The summed E-state index contributed by atoms with van der Waals surface area (Å²) in [7, 11) is 0. The fraction of sp³-hybridized carbons (Fsp3) is 0.200. The number of nitrogens with one attached hydrogen (secondary N) is 1. The summed E-state index contributed by atoms with van der Waals surface area (Å²) in [6, 6.07) is 12.3. The molecule has 0 spiro atoms. The highest BCUT2D eigenvalue weighted by molar-refractivity contribution is 5.67. The van der Waals surface area contributed by atoms with Crippen LogP contribution in [-0.4, -0.2) is 11.7 Å². The molecule has 100 valence electrons. The van der Waals surface area contributed by atoms with Crippen LogP contribution in [0.25, 0.3) is 0 Å². The van der Waals surface area contributed by atoms with Crippen molar-refractivity contribution in [3.63, 3.8) is 0 Å². The number of benzene rings is 2. The summed E-state index contributed by atoms with van der Waals surface area (Å²) in [5, 5.41) is 13.1. The van der Waals surface area contributed by atoms with E-state index in [9.17, 15) is 9.50 Å². The van der Waals surface area contributed by atoms with Crippen molar-refractivity contribution >= 4 is 11.4 Å². The number of rotatable bonds is 4. The van der Waals surface area contributed by atoms with Crippen LogP contribution < -0.4 is 11.1 Å². The Bertz CT molecular complexity index is 558. The molecule has 0 amide bonds. The van der Waals surface area contributed by atoms with Gasteiger partial charge in [0.15, 0.2) is 0 Å². The van der Waals surface area contributed by atoms with Crippen molar-refractivity contribution in [3.8, 4) is 0 Å². The largest absolute Gasteiger partial charge is 0.397 e. The highest BCUT2D eigenvalue weighted by atomic mass is 19.1. The van der Waals surface area contributed by atoms with E-state index in [-0.39, 0.29) is 5.82 Å². The monoisotopic (exact) mass is 260 g/mol. The van der Waals surface area contributed by atoms with Crippen LogP contribution in [-0.2, 0) is 0 Å². The fourth-order valence-corrected chi connectivity index (χ4v) is 1.85. The molecule has 1 unspecified atom stereocenters. The highest BCUT2D eigenvalue weighted by Gasteiger charge is 2.09. The van der Waals surface area contributed by atoms with E-state index in [1.54, 1.807) is 13.0 Å². The van der Waals surface area contributed by atoms with Crippen molar-refractivity contribution in [1.29, 1.82) is 0 Å². The van der Waals surface area contributed by atoms with Gasteiger partial charge in [0.2, 0.25) is 0 Å². The van der Waals surface area contributed by atoms with Crippen molar-refractivity contribution in [2.75, 3.05) is 17.6 Å². The minimum Gasteiger partial charge on any atom is -0.397 e. The standard InChI is InChI=1S/C15H17FN2O/c1-10-7-14(13(17)8-12(10)16)18-9-15(19)11-5-3-2-4-6-11/h2-8,15,18-19H,9,17H2,1H3. The minimum absolute atomic E-state index is 0.319. The van der Waals surface area contributed by atoms with Crippen LogP contribution in [0, 0.1) is 12.7 Å². The minimum atomic E-state index is -0.633. The third kappa shape index (κ3) is 3.23. The van der Waals surface area contributed by atoms with Gasteiger partial charge in [0.05, 0.1) is 17.5 Å². The van der Waals surface area contributed by atoms with Gasteiger partial charge in [-0.3, -0.25) is 0 Å². The molecular weight excluding hydrogens is 243 g/mol. The second kappa shape index (κ2) is 5.71. The van der Waals surface area contributed by atoms with Crippen LogP contribution >= 0.6 is 0 Å².